The number of fused-ring (bicyclic) bond motifs is 3. The van der Waals surface area contributed by atoms with Gasteiger partial charge in [-0.2, -0.15) is 4.31 Å². The second-order valence-corrected chi connectivity index (χ2v) is 7.92. The molecule has 23 heavy (non-hydrogen) atoms. The lowest BCUT2D eigenvalue weighted by atomic mass is 10.0. The van der Waals surface area contributed by atoms with Crippen molar-refractivity contribution in [2.24, 2.45) is 0 Å². The molecule has 1 amide bonds. The first kappa shape index (κ1) is 16.0. The van der Waals surface area contributed by atoms with Crippen molar-refractivity contribution in [2.75, 3.05) is 4.31 Å². The largest absolute Gasteiger partial charge is 0.443 e. The Labute approximate surface area is 142 Å². The van der Waals surface area contributed by atoms with Gasteiger partial charge in [-0.1, -0.05) is 29.8 Å². The molecule has 0 saturated carbocycles. The van der Waals surface area contributed by atoms with E-state index in [1.807, 2.05) is 12.1 Å². The molecule has 2 aromatic carbocycles. The zero-order chi connectivity index (χ0) is 16.8. The molecule has 120 valence electrons. The van der Waals surface area contributed by atoms with Crippen molar-refractivity contribution in [1.82, 2.24) is 0 Å². The van der Waals surface area contributed by atoms with Gasteiger partial charge < -0.3 is 4.74 Å². The van der Waals surface area contributed by atoms with Crippen LogP contribution in [-0.4, -0.2) is 15.9 Å². The third kappa shape index (κ3) is 2.99. The first-order valence-corrected chi connectivity index (χ1v) is 8.60. The fraction of sp³-hybridized carbons (Fsp3) is 0.235. The van der Waals surface area contributed by atoms with E-state index in [1.165, 1.54) is 4.31 Å². The highest BCUT2D eigenvalue weighted by Crippen LogP contribution is 2.42. The molecular weight excluding hydrogens is 334 g/mol. The van der Waals surface area contributed by atoms with Gasteiger partial charge in [-0.15, -0.1) is 0 Å². The van der Waals surface area contributed by atoms with Gasteiger partial charge in [0.1, 0.15) is 5.60 Å². The summed E-state index contributed by atoms with van der Waals surface area (Å²) in [6, 6.07) is 12.4. The first-order chi connectivity index (χ1) is 10.8. The molecule has 4 nitrogen and oxygen atoms in total. The predicted octanol–water partition coefficient (Wildman–Crippen LogP) is 4.78. The standard InChI is InChI=1S/C17H16ClNO3S/c1-17(2,3)22-16(20)19-14-9-8-11(18)10-13(14)12-6-4-5-7-15(12)23(19)21/h4-10H,1-3H3. The summed E-state index contributed by atoms with van der Waals surface area (Å²) < 4.78 is 19.5. The number of benzene rings is 2. The van der Waals surface area contributed by atoms with Crippen LogP contribution in [0.5, 0.6) is 0 Å². The van der Waals surface area contributed by atoms with Crippen molar-refractivity contribution < 1.29 is 13.7 Å². The van der Waals surface area contributed by atoms with Crippen LogP contribution in [0.25, 0.3) is 11.1 Å². The van der Waals surface area contributed by atoms with Gasteiger partial charge in [0, 0.05) is 16.1 Å². The molecule has 0 bridgehead atoms. The average molecular weight is 350 g/mol. The lowest BCUT2D eigenvalue weighted by molar-refractivity contribution is 0.0610. The summed E-state index contributed by atoms with van der Waals surface area (Å²) in [4.78, 5) is 13.1. The highest BCUT2D eigenvalue weighted by molar-refractivity contribution is 7.87. The Morgan fingerprint density at radius 2 is 1.83 bits per heavy atom. The SMILES string of the molecule is CC(C)(C)OC(=O)N1c2ccc(Cl)cc2-c2ccccc2S1=O. The molecular formula is C17H16ClNO3S. The number of hydrogen-bond acceptors (Lipinski definition) is 3. The molecule has 1 heterocycles. The molecule has 1 atom stereocenters. The number of carbonyl (C=O) groups excluding carboxylic acids is 1. The Morgan fingerprint density at radius 3 is 2.52 bits per heavy atom. The molecule has 0 N–H and O–H groups in total. The molecule has 0 aromatic heterocycles. The van der Waals surface area contributed by atoms with Crippen LogP contribution in [0.4, 0.5) is 10.5 Å². The van der Waals surface area contributed by atoms with E-state index in [0.717, 1.165) is 11.1 Å². The topological polar surface area (TPSA) is 46.6 Å². The molecule has 0 spiro atoms. The first-order valence-electron chi connectivity index (χ1n) is 7.12. The summed E-state index contributed by atoms with van der Waals surface area (Å²) in [6.45, 7) is 5.32. The van der Waals surface area contributed by atoms with Crippen LogP contribution in [-0.2, 0) is 15.7 Å². The minimum Gasteiger partial charge on any atom is -0.443 e. The summed E-state index contributed by atoms with van der Waals surface area (Å²) >= 11 is 6.10. The molecule has 2 aromatic rings. The maximum Gasteiger partial charge on any atom is 0.427 e. The van der Waals surface area contributed by atoms with Crippen molar-refractivity contribution in [1.29, 1.82) is 0 Å². The Morgan fingerprint density at radius 1 is 1.13 bits per heavy atom. The predicted molar refractivity (Wildman–Crippen MR) is 92.0 cm³/mol. The van der Waals surface area contributed by atoms with Crippen LogP contribution >= 0.6 is 11.6 Å². The van der Waals surface area contributed by atoms with E-state index in [9.17, 15) is 9.00 Å². The third-order valence-electron chi connectivity index (χ3n) is 3.27. The van der Waals surface area contributed by atoms with E-state index >= 15 is 0 Å². The number of halogens is 1. The van der Waals surface area contributed by atoms with E-state index in [2.05, 4.69) is 0 Å². The number of nitrogens with zero attached hydrogens (tertiary/aromatic N) is 1. The summed E-state index contributed by atoms with van der Waals surface area (Å²) in [7, 11) is -1.67. The lowest BCUT2D eigenvalue weighted by Gasteiger charge is -2.31. The lowest BCUT2D eigenvalue weighted by Crippen LogP contribution is -2.39. The van der Waals surface area contributed by atoms with Crippen molar-refractivity contribution in [3.63, 3.8) is 0 Å². The van der Waals surface area contributed by atoms with Crippen molar-refractivity contribution in [2.45, 2.75) is 31.3 Å². The third-order valence-corrected chi connectivity index (χ3v) is 4.91. The van der Waals surface area contributed by atoms with Crippen LogP contribution < -0.4 is 4.31 Å². The number of ether oxygens (including phenoxy) is 1. The molecule has 1 aliphatic heterocycles. The van der Waals surface area contributed by atoms with Gasteiger partial charge in [-0.05, 0) is 45.0 Å². The van der Waals surface area contributed by atoms with Crippen LogP contribution in [0.2, 0.25) is 5.02 Å². The molecule has 3 rings (SSSR count). The van der Waals surface area contributed by atoms with E-state index in [1.54, 1.807) is 51.1 Å². The molecule has 1 aliphatic rings. The van der Waals surface area contributed by atoms with E-state index in [4.69, 9.17) is 16.3 Å². The molecule has 0 saturated heterocycles. The van der Waals surface area contributed by atoms with Crippen molar-refractivity contribution in [3.8, 4) is 11.1 Å². The molecule has 0 radical (unpaired) electrons. The minimum atomic E-state index is -1.67. The summed E-state index contributed by atoms with van der Waals surface area (Å²) in [5.41, 5.74) is 1.42. The Bertz CT molecular complexity index is 814. The zero-order valence-electron chi connectivity index (χ0n) is 13.0. The van der Waals surface area contributed by atoms with Gasteiger partial charge >= 0.3 is 6.09 Å². The maximum atomic E-state index is 12.9. The molecule has 0 fully saturated rings. The van der Waals surface area contributed by atoms with Gasteiger partial charge in [0.15, 0.2) is 11.0 Å². The quantitative estimate of drug-likeness (QED) is 0.687. The number of rotatable bonds is 0. The fourth-order valence-corrected chi connectivity index (χ4v) is 3.84. The van der Waals surface area contributed by atoms with E-state index in [-0.39, 0.29) is 0 Å². The molecule has 1 unspecified atom stereocenters. The normalized spacial score (nSPS) is 16.5. The van der Waals surface area contributed by atoms with Gasteiger partial charge in [0.05, 0.1) is 10.6 Å². The van der Waals surface area contributed by atoms with Crippen molar-refractivity contribution in [3.05, 3.63) is 47.5 Å². The summed E-state index contributed by atoms with van der Waals surface area (Å²) in [5.74, 6) is 0. The minimum absolute atomic E-state index is 0.528. The average Bonchev–Trinajstić information content (AvgIpc) is 2.46. The number of amides is 1. The smallest absolute Gasteiger partial charge is 0.427 e. The number of anilines is 1. The Balaban J connectivity index is 2.17. The highest BCUT2D eigenvalue weighted by atomic mass is 35.5. The zero-order valence-corrected chi connectivity index (χ0v) is 14.6. The molecule has 6 heteroatoms. The maximum absolute atomic E-state index is 12.9. The second-order valence-electron chi connectivity index (χ2n) is 6.18. The molecule has 0 aliphatic carbocycles. The van der Waals surface area contributed by atoms with Crippen molar-refractivity contribution >= 4 is 34.4 Å². The van der Waals surface area contributed by atoms with Crippen LogP contribution in [0, 0.1) is 0 Å². The van der Waals surface area contributed by atoms with Gasteiger partial charge in [-0.25, -0.2) is 9.00 Å². The van der Waals surface area contributed by atoms with Crippen LogP contribution in [0.15, 0.2) is 47.4 Å². The summed E-state index contributed by atoms with van der Waals surface area (Å²) in [6.07, 6.45) is -0.645. The highest BCUT2D eigenvalue weighted by Gasteiger charge is 2.35. The summed E-state index contributed by atoms with van der Waals surface area (Å²) in [5, 5.41) is 0.551. The van der Waals surface area contributed by atoms with Gasteiger partial charge in [0.2, 0.25) is 0 Å². The van der Waals surface area contributed by atoms with Gasteiger partial charge in [-0.3, -0.25) is 0 Å². The van der Waals surface area contributed by atoms with Gasteiger partial charge in [0.25, 0.3) is 0 Å². The van der Waals surface area contributed by atoms with Crippen LogP contribution in [0.3, 0.4) is 0 Å². The number of carbonyl (C=O) groups is 1. The monoisotopic (exact) mass is 349 g/mol. The second kappa shape index (κ2) is 5.65. The van der Waals surface area contributed by atoms with E-state index in [0.29, 0.717) is 15.6 Å². The Kier molecular flexibility index (Phi) is 3.94. The Hall–Kier alpha value is -1.85. The number of hydrogen-bond donors (Lipinski definition) is 0. The van der Waals surface area contributed by atoms with E-state index < -0.39 is 22.7 Å². The van der Waals surface area contributed by atoms with Crippen LogP contribution in [0.1, 0.15) is 20.8 Å². The fourth-order valence-electron chi connectivity index (χ4n) is 2.40.